The lowest BCUT2D eigenvalue weighted by atomic mass is 10.0. The molecule has 1 amide bonds. The number of nitrogens with zero attached hydrogens (tertiary/aromatic N) is 3. The Morgan fingerprint density at radius 1 is 1.21 bits per heavy atom. The number of methoxy groups -OCH3 is 1. The number of imidazole rings is 1. The first-order valence-electron chi connectivity index (χ1n) is 11.0. The van der Waals surface area contributed by atoms with Crippen molar-refractivity contribution < 1.29 is 17.9 Å². The third-order valence-electron chi connectivity index (χ3n) is 6.18. The van der Waals surface area contributed by atoms with Crippen LogP contribution in [0.25, 0.3) is 11.0 Å². The first-order valence-corrected chi connectivity index (χ1v) is 12.5. The van der Waals surface area contributed by atoms with Gasteiger partial charge in [-0.3, -0.25) is 4.79 Å². The number of nitrogens with one attached hydrogen (secondary N) is 1. The second-order valence-corrected chi connectivity index (χ2v) is 10.8. The summed E-state index contributed by atoms with van der Waals surface area (Å²) in [6, 6.07) is 12.8. The Hall–Kier alpha value is -2.91. The van der Waals surface area contributed by atoms with E-state index in [1.807, 2.05) is 35.9 Å². The van der Waals surface area contributed by atoms with Crippen molar-refractivity contribution in [3.05, 3.63) is 53.9 Å². The highest BCUT2D eigenvalue weighted by Gasteiger charge is 2.33. The molecule has 1 saturated carbocycles. The van der Waals surface area contributed by atoms with Crippen LogP contribution in [0.2, 0.25) is 0 Å². The molecule has 1 aliphatic rings. The monoisotopic (exact) mass is 470 g/mol. The smallest absolute Gasteiger partial charge is 0.242 e. The van der Waals surface area contributed by atoms with Crippen molar-refractivity contribution in [2.45, 2.75) is 36.6 Å². The van der Waals surface area contributed by atoms with Crippen LogP contribution in [-0.2, 0) is 28.3 Å². The van der Waals surface area contributed by atoms with Crippen LogP contribution in [0.4, 0.5) is 0 Å². The molecule has 1 atom stereocenters. The fourth-order valence-electron chi connectivity index (χ4n) is 4.01. The van der Waals surface area contributed by atoms with Crippen LogP contribution >= 0.6 is 0 Å². The van der Waals surface area contributed by atoms with Gasteiger partial charge in [-0.05, 0) is 54.7 Å². The Labute approximate surface area is 194 Å². The van der Waals surface area contributed by atoms with Gasteiger partial charge in [-0.25, -0.2) is 17.7 Å². The zero-order chi connectivity index (χ0) is 23.8. The van der Waals surface area contributed by atoms with Gasteiger partial charge in [-0.1, -0.05) is 12.1 Å². The summed E-state index contributed by atoms with van der Waals surface area (Å²) in [6.07, 6.45) is 2.99. The highest BCUT2D eigenvalue weighted by atomic mass is 32.2. The normalized spacial score (nSPS) is 15.1. The first-order chi connectivity index (χ1) is 15.7. The molecule has 0 bridgehead atoms. The molecule has 2 aromatic carbocycles. The van der Waals surface area contributed by atoms with E-state index in [0.717, 1.165) is 35.5 Å². The van der Waals surface area contributed by atoms with Crippen LogP contribution in [0.5, 0.6) is 5.75 Å². The Kier molecular flexibility index (Phi) is 6.45. The van der Waals surface area contributed by atoms with Crippen molar-refractivity contribution in [3.63, 3.8) is 0 Å². The van der Waals surface area contributed by atoms with E-state index in [4.69, 9.17) is 4.74 Å². The average Bonchev–Trinajstić information content (AvgIpc) is 3.60. The molecule has 0 radical (unpaired) electrons. The van der Waals surface area contributed by atoms with Gasteiger partial charge in [0.25, 0.3) is 0 Å². The van der Waals surface area contributed by atoms with E-state index in [1.165, 1.54) is 18.4 Å². The first kappa shape index (κ1) is 23.3. The van der Waals surface area contributed by atoms with Gasteiger partial charge in [0.15, 0.2) is 0 Å². The number of ether oxygens (including phenoxy) is 1. The molecule has 1 unspecified atom stereocenters. The number of aromatic nitrogens is 2. The molecule has 0 aliphatic heterocycles. The number of hydrogen-bond donors (Lipinski definition) is 1. The van der Waals surface area contributed by atoms with Crippen molar-refractivity contribution in [2.24, 2.45) is 13.0 Å². The van der Waals surface area contributed by atoms with E-state index in [1.54, 1.807) is 25.3 Å². The molecule has 3 aromatic rings. The van der Waals surface area contributed by atoms with Crippen LogP contribution in [0.15, 0.2) is 47.4 Å². The van der Waals surface area contributed by atoms with Gasteiger partial charge in [0, 0.05) is 34.0 Å². The predicted molar refractivity (Wildman–Crippen MR) is 127 cm³/mol. The van der Waals surface area contributed by atoms with Crippen LogP contribution in [0.1, 0.15) is 36.7 Å². The largest absolute Gasteiger partial charge is 0.497 e. The molecule has 1 aliphatic carbocycles. The standard InChI is InChI=1S/C24H30N4O4S/c1-27(2)33(30,31)19-11-12-21-20(15-19)25-22(28(21)3)13-14-23(29)26-24(16-5-6-16)17-7-9-18(32-4)10-8-17/h7-12,15-16,24H,5-6,13-14H2,1-4H3,(H,26,29). The molecule has 9 heteroatoms. The van der Waals surface area contributed by atoms with E-state index in [0.29, 0.717) is 24.3 Å². The Morgan fingerprint density at radius 3 is 2.52 bits per heavy atom. The quantitative estimate of drug-likeness (QED) is 0.519. The Morgan fingerprint density at radius 2 is 1.91 bits per heavy atom. The molecule has 33 heavy (non-hydrogen) atoms. The number of amides is 1. The number of carbonyl (C=O) groups excluding carboxylic acids is 1. The summed E-state index contributed by atoms with van der Waals surface area (Å²) in [5.41, 5.74) is 2.52. The lowest BCUT2D eigenvalue weighted by molar-refractivity contribution is -0.122. The van der Waals surface area contributed by atoms with E-state index in [-0.39, 0.29) is 16.8 Å². The van der Waals surface area contributed by atoms with Crippen LogP contribution < -0.4 is 10.1 Å². The zero-order valence-electron chi connectivity index (χ0n) is 19.4. The number of benzene rings is 2. The molecule has 176 valence electrons. The molecule has 8 nitrogen and oxygen atoms in total. The minimum absolute atomic E-state index is 0.00245. The predicted octanol–water partition coefficient (Wildman–Crippen LogP) is 3.03. The summed E-state index contributed by atoms with van der Waals surface area (Å²) < 4.78 is 33.2. The third-order valence-corrected chi connectivity index (χ3v) is 8.00. The number of sulfonamides is 1. The number of fused-ring (bicyclic) bond motifs is 1. The summed E-state index contributed by atoms with van der Waals surface area (Å²) in [5, 5.41) is 3.20. The number of aryl methyl sites for hydroxylation is 2. The topological polar surface area (TPSA) is 93.5 Å². The fraction of sp³-hybridized carbons (Fsp3) is 0.417. The lowest BCUT2D eigenvalue weighted by Gasteiger charge is -2.19. The summed E-state index contributed by atoms with van der Waals surface area (Å²) in [7, 11) is 2.99. The summed E-state index contributed by atoms with van der Waals surface area (Å²) in [6.45, 7) is 0. The lowest BCUT2D eigenvalue weighted by Crippen LogP contribution is -2.30. The van der Waals surface area contributed by atoms with E-state index < -0.39 is 10.0 Å². The van der Waals surface area contributed by atoms with Crippen LogP contribution in [0.3, 0.4) is 0 Å². The highest BCUT2D eigenvalue weighted by molar-refractivity contribution is 7.89. The maximum Gasteiger partial charge on any atom is 0.242 e. The highest BCUT2D eigenvalue weighted by Crippen LogP contribution is 2.41. The zero-order valence-corrected chi connectivity index (χ0v) is 20.2. The Bertz CT molecular complexity index is 1260. The van der Waals surface area contributed by atoms with Gasteiger partial charge in [0.2, 0.25) is 15.9 Å². The van der Waals surface area contributed by atoms with Gasteiger partial charge < -0.3 is 14.6 Å². The van der Waals surface area contributed by atoms with Crippen molar-refractivity contribution in [1.29, 1.82) is 0 Å². The van der Waals surface area contributed by atoms with Crippen molar-refractivity contribution in [3.8, 4) is 5.75 Å². The van der Waals surface area contributed by atoms with Gasteiger partial charge in [-0.15, -0.1) is 0 Å². The molecular weight excluding hydrogens is 440 g/mol. The van der Waals surface area contributed by atoms with Crippen LogP contribution in [0, 0.1) is 5.92 Å². The maximum absolute atomic E-state index is 12.8. The molecule has 1 N–H and O–H groups in total. The molecule has 1 heterocycles. The van der Waals surface area contributed by atoms with E-state index in [9.17, 15) is 13.2 Å². The summed E-state index contributed by atoms with van der Waals surface area (Å²) >= 11 is 0. The average molecular weight is 471 g/mol. The van der Waals surface area contributed by atoms with E-state index in [2.05, 4.69) is 10.3 Å². The Balaban J connectivity index is 1.46. The summed E-state index contributed by atoms with van der Waals surface area (Å²) in [5.74, 6) is 1.98. The van der Waals surface area contributed by atoms with Gasteiger partial charge in [-0.2, -0.15) is 0 Å². The van der Waals surface area contributed by atoms with Gasteiger partial charge >= 0.3 is 0 Å². The van der Waals surface area contributed by atoms with E-state index >= 15 is 0 Å². The van der Waals surface area contributed by atoms with Crippen molar-refractivity contribution in [1.82, 2.24) is 19.2 Å². The number of carbonyl (C=O) groups is 1. The second-order valence-electron chi connectivity index (χ2n) is 8.68. The van der Waals surface area contributed by atoms with Crippen molar-refractivity contribution >= 4 is 27.0 Å². The fourth-order valence-corrected chi connectivity index (χ4v) is 4.93. The molecule has 0 saturated heterocycles. The van der Waals surface area contributed by atoms with Gasteiger partial charge in [0.05, 0.1) is 29.1 Å². The molecule has 4 rings (SSSR count). The van der Waals surface area contributed by atoms with Crippen LogP contribution in [-0.4, -0.2) is 49.4 Å². The molecular formula is C24H30N4O4S. The van der Waals surface area contributed by atoms with Gasteiger partial charge in [0.1, 0.15) is 11.6 Å². The third kappa shape index (κ3) is 4.89. The minimum Gasteiger partial charge on any atom is -0.497 e. The molecule has 0 spiro atoms. The molecule has 1 aromatic heterocycles. The molecule has 1 fully saturated rings. The number of rotatable bonds is 9. The minimum atomic E-state index is -3.53. The maximum atomic E-state index is 12.8. The SMILES string of the molecule is COc1ccc(C(NC(=O)CCc2nc3cc(S(=O)(=O)N(C)C)ccc3n2C)C2CC2)cc1. The van der Waals surface area contributed by atoms with Crippen molar-refractivity contribution in [2.75, 3.05) is 21.2 Å². The second kappa shape index (κ2) is 9.15. The number of hydrogen-bond acceptors (Lipinski definition) is 5. The summed E-state index contributed by atoms with van der Waals surface area (Å²) in [4.78, 5) is 17.6.